The largest absolute Gasteiger partial charge is 0.480 e. The van der Waals surface area contributed by atoms with Crippen molar-refractivity contribution in [2.45, 2.75) is 18.9 Å². The van der Waals surface area contributed by atoms with E-state index in [9.17, 15) is 4.79 Å². The standard InChI is InChI=1S/C9H16N6O2/c1-15(2)9-13-6(12-8(11)14-9)4-3-5(10)7(16)17/h5H,3-4,10H2,1-2H3,(H,16,17)(H2,11,12,13,14). The van der Waals surface area contributed by atoms with Gasteiger partial charge in [0.2, 0.25) is 11.9 Å². The van der Waals surface area contributed by atoms with Crippen LogP contribution < -0.4 is 16.4 Å². The van der Waals surface area contributed by atoms with E-state index in [0.717, 1.165) is 0 Å². The Kier molecular flexibility index (Phi) is 4.16. The molecular formula is C9H16N6O2. The molecule has 0 radical (unpaired) electrons. The van der Waals surface area contributed by atoms with E-state index in [4.69, 9.17) is 16.6 Å². The maximum Gasteiger partial charge on any atom is 0.320 e. The molecule has 1 aromatic heterocycles. The minimum atomic E-state index is -1.04. The molecule has 0 amide bonds. The van der Waals surface area contributed by atoms with Crippen LogP contribution in [0.2, 0.25) is 0 Å². The number of carboxylic acids is 1. The fraction of sp³-hybridized carbons (Fsp3) is 0.556. The molecule has 8 nitrogen and oxygen atoms in total. The topological polar surface area (TPSA) is 131 Å². The molecule has 0 aliphatic rings. The normalized spacial score (nSPS) is 12.2. The van der Waals surface area contributed by atoms with Gasteiger partial charge in [0, 0.05) is 20.5 Å². The highest BCUT2D eigenvalue weighted by molar-refractivity contribution is 5.72. The molecule has 0 aromatic carbocycles. The van der Waals surface area contributed by atoms with Crippen molar-refractivity contribution >= 4 is 17.9 Å². The third-order valence-electron chi connectivity index (χ3n) is 2.08. The maximum atomic E-state index is 10.6. The molecule has 1 heterocycles. The van der Waals surface area contributed by atoms with Gasteiger partial charge in [-0.15, -0.1) is 0 Å². The van der Waals surface area contributed by atoms with Gasteiger partial charge >= 0.3 is 5.97 Å². The van der Waals surface area contributed by atoms with E-state index >= 15 is 0 Å². The predicted molar refractivity (Wildman–Crippen MR) is 62.5 cm³/mol. The first kappa shape index (κ1) is 13.1. The average Bonchev–Trinajstić information content (AvgIpc) is 2.24. The second-order valence-corrected chi connectivity index (χ2v) is 3.79. The molecule has 0 aliphatic heterocycles. The van der Waals surface area contributed by atoms with Crippen LogP contribution in [0, 0.1) is 0 Å². The SMILES string of the molecule is CN(C)c1nc(N)nc(CCC(N)C(=O)O)n1. The van der Waals surface area contributed by atoms with Crippen LogP contribution in [0.15, 0.2) is 0 Å². The van der Waals surface area contributed by atoms with Crippen molar-refractivity contribution in [3.05, 3.63) is 5.82 Å². The molecule has 1 unspecified atom stereocenters. The Bertz CT molecular complexity index is 408. The molecule has 1 rings (SSSR count). The molecule has 0 bridgehead atoms. The maximum absolute atomic E-state index is 10.6. The summed E-state index contributed by atoms with van der Waals surface area (Å²) in [5.41, 5.74) is 10.9. The first-order valence-corrected chi connectivity index (χ1v) is 5.06. The number of aryl methyl sites for hydroxylation is 1. The van der Waals surface area contributed by atoms with Crippen LogP contribution in [0.5, 0.6) is 0 Å². The molecule has 94 valence electrons. The molecule has 17 heavy (non-hydrogen) atoms. The second kappa shape index (κ2) is 5.39. The van der Waals surface area contributed by atoms with Gasteiger partial charge in [-0.1, -0.05) is 0 Å². The number of nitrogen functional groups attached to an aromatic ring is 1. The van der Waals surface area contributed by atoms with Crippen molar-refractivity contribution in [1.82, 2.24) is 15.0 Å². The lowest BCUT2D eigenvalue weighted by molar-refractivity contribution is -0.138. The summed E-state index contributed by atoms with van der Waals surface area (Å²) in [6.45, 7) is 0. The molecule has 0 fully saturated rings. The highest BCUT2D eigenvalue weighted by Gasteiger charge is 2.13. The number of rotatable bonds is 5. The molecular weight excluding hydrogens is 224 g/mol. The number of anilines is 2. The molecule has 1 aromatic rings. The molecule has 0 aliphatic carbocycles. The van der Waals surface area contributed by atoms with Crippen molar-refractivity contribution < 1.29 is 9.90 Å². The van der Waals surface area contributed by atoms with Crippen molar-refractivity contribution in [3.63, 3.8) is 0 Å². The Hall–Kier alpha value is -1.96. The number of aliphatic carboxylic acids is 1. The summed E-state index contributed by atoms with van der Waals surface area (Å²) >= 11 is 0. The summed E-state index contributed by atoms with van der Waals surface area (Å²) in [6, 6.07) is -0.921. The van der Waals surface area contributed by atoms with E-state index in [0.29, 0.717) is 18.2 Å². The smallest absolute Gasteiger partial charge is 0.320 e. The highest BCUT2D eigenvalue weighted by atomic mass is 16.4. The van der Waals surface area contributed by atoms with Gasteiger partial charge < -0.3 is 21.5 Å². The van der Waals surface area contributed by atoms with E-state index in [1.54, 1.807) is 19.0 Å². The molecule has 8 heteroatoms. The van der Waals surface area contributed by atoms with Crippen LogP contribution in [0.3, 0.4) is 0 Å². The van der Waals surface area contributed by atoms with E-state index < -0.39 is 12.0 Å². The third-order valence-corrected chi connectivity index (χ3v) is 2.08. The van der Waals surface area contributed by atoms with Crippen LogP contribution in [-0.4, -0.2) is 46.2 Å². The number of aromatic nitrogens is 3. The first-order chi connectivity index (χ1) is 7.90. The monoisotopic (exact) mass is 240 g/mol. The lowest BCUT2D eigenvalue weighted by Crippen LogP contribution is -2.30. The third kappa shape index (κ3) is 3.83. The van der Waals surface area contributed by atoms with Gasteiger partial charge in [-0.25, -0.2) is 0 Å². The van der Waals surface area contributed by atoms with Crippen LogP contribution in [-0.2, 0) is 11.2 Å². The van der Waals surface area contributed by atoms with E-state index in [1.165, 1.54) is 0 Å². The fourth-order valence-corrected chi connectivity index (χ4v) is 1.14. The van der Waals surface area contributed by atoms with Gasteiger partial charge in [-0.05, 0) is 6.42 Å². The Morgan fingerprint density at radius 2 is 2.06 bits per heavy atom. The molecule has 1 atom stereocenters. The Balaban J connectivity index is 2.74. The number of carboxylic acid groups (broad SMARTS) is 1. The summed E-state index contributed by atoms with van der Waals surface area (Å²) in [4.78, 5) is 24.2. The van der Waals surface area contributed by atoms with Gasteiger partial charge in [0.25, 0.3) is 0 Å². The zero-order valence-corrected chi connectivity index (χ0v) is 9.79. The zero-order valence-electron chi connectivity index (χ0n) is 9.79. The lowest BCUT2D eigenvalue weighted by Gasteiger charge is -2.11. The molecule has 0 spiro atoms. The lowest BCUT2D eigenvalue weighted by atomic mass is 10.1. The van der Waals surface area contributed by atoms with Crippen LogP contribution in [0.4, 0.5) is 11.9 Å². The van der Waals surface area contributed by atoms with Gasteiger partial charge in [0.1, 0.15) is 11.9 Å². The fourth-order valence-electron chi connectivity index (χ4n) is 1.14. The van der Waals surface area contributed by atoms with Crippen LogP contribution in [0.1, 0.15) is 12.2 Å². The number of nitrogens with zero attached hydrogens (tertiary/aromatic N) is 4. The van der Waals surface area contributed by atoms with Gasteiger partial charge in [0.15, 0.2) is 0 Å². The number of nitrogens with two attached hydrogens (primary N) is 2. The van der Waals surface area contributed by atoms with E-state index in [-0.39, 0.29) is 12.4 Å². The second-order valence-electron chi connectivity index (χ2n) is 3.79. The van der Waals surface area contributed by atoms with Crippen molar-refractivity contribution in [2.75, 3.05) is 24.7 Å². The average molecular weight is 240 g/mol. The molecule has 5 N–H and O–H groups in total. The quantitative estimate of drug-likeness (QED) is 0.588. The molecule has 0 saturated carbocycles. The molecule has 0 saturated heterocycles. The first-order valence-electron chi connectivity index (χ1n) is 5.06. The minimum Gasteiger partial charge on any atom is -0.480 e. The summed E-state index contributed by atoms with van der Waals surface area (Å²) < 4.78 is 0. The Labute approximate surface area is 98.7 Å². The highest BCUT2D eigenvalue weighted by Crippen LogP contribution is 2.07. The van der Waals surface area contributed by atoms with Crippen molar-refractivity contribution in [2.24, 2.45) is 5.73 Å². The Morgan fingerprint density at radius 1 is 1.41 bits per heavy atom. The predicted octanol–water partition coefficient (Wildman–Crippen LogP) is -1.14. The van der Waals surface area contributed by atoms with E-state index in [2.05, 4.69) is 15.0 Å². The van der Waals surface area contributed by atoms with Crippen LogP contribution >= 0.6 is 0 Å². The van der Waals surface area contributed by atoms with Gasteiger partial charge in [-0.2, -0.15) is 15.0 Å². The summed E-state index contributed by atoms with van der Waals surface area (Å²) in [7, 11) is 3.56. The number of hydrogen-bond donors (Lipinski definition) is 3. The van der Waals surface area contributed by atoms with Crippen molar-refractivity contribution in [1.29, 1.82) is 0 Å². The summed E-state index contributed by atoms with van der Waals surface area (Å²) in [6.07, 6.45) is 0.604. The number of hydrogen-bond acceptors (Lipinski definition) is 7. The summed E-state index contributed by atoms with van der Waals surface area (Å²) in [5.74, 6) is -0.0447. The number of carbonyl (C=O) groups is 1. The van der Waals surface area contributed by atoms with Gasteiger partial charge in [0.05, 0.1) is 0 Å². The van der Waals surface area contributed by atoms with E-state index in [1.807, 2.05) is 0 Å². The minimum absolute atomic E-state index is 0.114. The van der Waals surface area contributed by atoms with Crippen molar-refractivity contribution in [3.8, 4) is 0 Å². The van der Waals surface area contributed by atoms with Gasteiger partial charge in [-0.3, -0.25) is 4.79 Å². The zero-order chi connectivity index (χ0) is 13.0. The Morgan fingerprint density at radius 3 is 2.59 bits per heavy atom. The summed E-state index contributed by atoms with van der Waals surface area (Å²) in [5, 5.41) is 8.65. The van der Waals surface area contributed by atoms with Crippen LogP contribution in [0.25, 0.3) is 0 Å².